The van der Waals surface area contributed by atoms with Crippen LogP contribution in [0, 0.1) is 5.41 Å². The first-order valence-electron chi connectivity index (χ1n) is 4.88. The summed E-state index contributed by atoms with van der Waals surface area (Å²) in [5.74, 6) is 0. The van der Waals surface area contributed by atoms with Crippen molar-refractivity contribution in [1.82, 2.24) is 0 Å². The number of rotatable bonds is 6. The molecule has 0 bridgehead atoms. The molecule has 1 atom stereocenters. The molecule has 0 fully saturated rings. The SMILES string of the molecule is CCCCC(C)(CN)CCC. The molecule has 1 heteroatoms. The van der Waals surface area contributed by atoms with E-state index in [0.29, 0.717) is 5.41 Å². The van der Waals surface area contributed by atoms with E-state index in [1.54, 1.807) is 0 Å². The van der Waals surface area contributed by atoms with Crippen LogP contribution in [-0.2, 0) is 0 Å². The fourth-order valence-electron chi connectivity index (χ4n) is 1.54. The van der Waals surface area contributed by atoms with Crippen molar-refractivity contribution in [3.63, 3.8) is 0 Å². The van der Waals surface area contributed by atoms with Crippen molar-refractivity contribution >= 4 is 0 Å². The lowest BCUT2D eigenvalue weighted by Gasteiger charge is -2.27. The van der Waals surface area contributed by atoms with Crippen molar-refractivity contribution in [3.8, 4) is 0 Å². The van der Waals surface area contributed by atoms with Gasteiger partial charge in [-0.25, -0.2) is 0 Å². The van der Waals surface area contributed by atoms with E-state index in [9.17, 15) is 0 Å². The summed E-state index contributed by atoms with van der Waals surface area (Å²) in [6.07, 6.45) is 6.46. The second-order valence-corrected chi connectivity index (χ2v) is 3.87. The quantitative estimate of drug-likeness (QED) is 0.630. The predicted octanol–water partition coefficient (Wildman–Crippen LogP) is 2.94. The van der Waals surface area contributed by atoms with Gasteiger partial charge in [0.1, 0.15) is 0 Å². The van der Waals surface area contributed by atoms with E-state index in [2.05, 4.69) is 20.8 Å². The molecule has 1 unspecified atom stereocenters. The number of unbranched alkanes of at least 4 members (excludes halogenated alkanes) is 1. The van der Waals surface area contributed by atoms with Crippen molar-refractivity contribution in [2.75, 3.05) is 6.54 Å². The van der Waals surface area contributed by atoms with Gasteiger partial charge in [0.15, 0.2) is 0 Å². The summed E-state index contributed by atoms with van der Waals surface area (Å²) in [6.45, 7) is 7.63. The third kappa shape index (κ3) is 4.41. The van der Waals surface area contributed by atoms with Crippen LogP contribution in [0.5, 0.6) is 0 Å². The number of nitrogens with two attached hydrogens (primary N) is 1. The summed E-state index contributed by atoms with van der Waals surface area (Å²) in [7, 11) is 0. The summed E-state index contributed by atoms with van der Waals surface area (Å²) >= 11 is 0. The highest BCUT2D eigenvalue weighted by Gasteiger charge is 2.19. The summed E-state index contributed by atoms with van der Waals surface area (Å²) in [6, 6.07) is 0. The average molecular weight is 157 g/mol. The maximum atomic E-state index is 5.73. The van der Waals surface area contributed by atoms with Crippen LogP contribution in [0.4, 0.5) is 0 Å². The van der Waals surface area contributed by atoms with Crippen molar-refractivity contribution < 1.29 is 0 Å². The maximum Gasteiger partial charge on any atom is -0.00232 e. The lowest BCUT2D eigenvalue weighted by molar-refractivity contribution is 0.272. The van der Waals surface area contributed by atoms with Crippen molar-refractivity contribution in [2.24, 2.45) is 11.1 Å². The van der Waals surface area contributed by atoms with Crippen molar-refractivity contribution in [1.29, 1.82) is 0 Å². The molecule has 0 aromatic rings. The second kappa shape index (κ2) is 5.59. The van der Waals surface area contributed by atoms with Crippen LogP contribution in [0.3, 0.4) is 0 Å². The lowest BCUT2D eigenvalue weighted by atomic mass is 9.81. The van der Waals surface area contributed by atoms with Crippen LogP contribution in [-0.4, -0.2) is 6.54 Å². The minimum Gasteiger partial charge on any atom is -0.330 e. The van der Waals surface area contributed by atoms with Crippen LogP contribution in [0.1, 0.15) is 52.9 Å². The van der Waals surface area contributed by atoms with E-state index in [4.69, 9.17) is 5.73 Å². The molecule has 0 aliphatic heterocycles. The van der Waals surface area contributed by atoms with E-state index in [-0.39, 0.29) is 0 Å². The van der Waals surface area contributed by atoms with E-state index in [0.717, 1.165) is 6.54 Å². The van der Waals surface area contributed by atoms with E-state index < -0.39 is 0 Å². The molecule has 0 radical (unpaired) electrons. The molecule has 0 aromatic heterocycles. The van der Waals surface area contributed by atoms with Crippen LogP contribution >= 0.6 is 0 Å². The molecule has 0 rings (SSSR count). The van der Waals surface area contributed by atoms with Gasteiger partial charge in [0.05, 0.1) is 0 Å². The van der Waals surface area contributed by atoms with E-state index in [1.807, 2.05) is 0 Å². The Morgan fingerprint density at radius 1 is 1.09 bits per heavy atom. The highest BCUT2D eigenvalue weighted by Crippen LogP contribution is 2.27. The van der Waals surface area contributed by atoms with E-state index in [1.165, 1.54) is 32.1 Å². The van der Waals surface area contributed by atoms with Gasteiger partial charge in [-0.05, 0) is 24.8 Å². The highest BCUT2D eigenvalue weighted by molar-refractivity contribution is 4.74. The van der Waals surface area contributed by atoms with Crippen LogP contribution in [0.25, 0.3) is 0 Å². The molecular weight excluding hydrogens is 134 g/mol. The lowest BCUT2D eigenvalue weighted by Crippen LogP contribution is -2.26. The fourth-order valence-corrected chi connectivity index (χ4v) is 1.54. The Kier molecular flexibility index (Phi) is 5.57. The largest absolute Gasteiger partial charge is 0.330 e. The first kappa shape index (κ1) is 11.0. The third-order valence-electron chi connectivity index (χ3n) is 2.48. The standard InChI is InChI=1S/C10H23N/c1-4-6-8-10(3,9-11)7-5-2/h4-9,11H2,1-3H3. The fraction of sp³-hybridized carbons (Fsp3) is 1.00. The Morgan fingerprint density at radius 3 is 2.09 bits per heavy atom. The van der Waals surface area contributed by atoms with Crippen LogP contribution in [0.15, 0.2) is 0 Å². The molecule has 68 valence electrons. The number of hydrogen-bond donors (Lipinski definition) is 1. The Balaban J connectivity index is 3.68. The average Bonchev–Trinajstić information content (AvgIpc) is 2.02. The summed E-state index contributed by atoms with van der Waals surface area (Å²) < 4.78 is 0. The topological polar surface area (TPSA) is 26.0 Å². The molecule has 0 aromatic carbocycles. The van der Waals surface area contributed by atoms with Crippen LogP contribution in [0.2, 0.25) is 0 Å². The van der Waals surface area contributed by atoms with Gasteiger partial charge in [-0.2, -0.15) is 0 Å². The zero-order chi connectivity index (χ0) is 8.74. The zero-order valence-corrected chi connectivity index (χ0v) is 8.32. The van der Waals surface area contributed by atoms with E-state index >= 15 is 0 Å². The molecular formula is C10H23N. The van der Waals surface area contributed by atoms with Crippen molar-refractivity contribution in [2.45, 2.75) is 52.9 Å². The monoisotopic (exact) mass is 157 g/mol. The molecule has 0 saturated heterocycles. The molecule has 0 spiro atoms. The van der Waals surface area contributed by atoms with Gasteiger partial charge in [0, 0.05) is 0 Å². The van der Waals surface area contributed by atoms with Gasteiger partial charge in [-0.15, -0.1) is 0 Å². The van der Waals surface area contributed by atoms with Gasteiger partial charge in [-0.1, -0.05) is 40.0 Å². The summed E-state index contributed by atoms with van der Waals surface area (Å²) in [4.78, 5) is 0. The van der Waals surface area contributed by atoms with Gasteiger partial charge in [-0.3, -0.25) is 0 Å². The second-order valence-electron chi connectivity index (χ2n) is 3.87. The molecule has 0 heterocycles. The number of hydrogen-bond acceptors (Lipinski definition) is 1. The summed E-state index contributed by atoms with van der Waals surface area (Å²) in [5.41, 5.74) is 6.16. The minimum absolute atomic E-state index is 0.421. The molecule has 2 N–H and O–H groups in total. The molecule has 0 aliphatic carbocycles. The first-order valence-corrected chi connectivity index (χ1v) is 4.88. The zero-order valence-electron chi connectivity index (χ0n) is 8.32. The highest BCUT2D eigenvalue weighted by atomic mass is 14.6. The van der Waals surface area contributed by atoms with Crippen molar-refractivity contribution in [3.05, 3.63) is 0 Å². The van der Waals surface area contributed by atoms with Gasteiger partial charge in [0.25, 0.3) is 0 Å². The van der Waals surface area contributed by atoms with Gasteiger partial charge in [0.2, 0.25) is 0 Å². The third-order valence-corrected chi connectivity index (χ3v) is 2.48. The molecule has 0 saturated carbocycles. The summed E-state index contributed by atoms with van der Waals surface area (Å²) in [5, 5.41) is 0. The Morgan fingerprint density at radius 2 is 1.73 bits per heavy atom. The molecule has 0 amide bonds. The van der Waals surface area contributed by atoms with Gasteiger partial charge < -0.3 is 5.73 Å². The van der Waals surface area contributed by atoms with Crippen LogP contribution < -0.4 is 5.73 Å². The Hall–Kier alpha value is -0.0400. The first-order chi connectivity index (χ1) is 5.18. The smallest absolute Gasteiger partial charge is 0.00232 e. The predicted molar refractivity (Wildman–Crippen MR) is 51.6 cm³/mol. The maximum absolute atomic E-state index is 5.73. The Labute approximate surface area is 71.4 Å². The molecule has 11 heavy (non-hydrogen) atoms. The Bertz CT molecular complexity index is 90.9. The minimum atomic E-state index is 0.421. The normalized spacial score (nSPS) is 16.4. The molecule has 1 nitrogen and oxygen atoms in total. The molecule has 0 aliphatic rings. The van der Waals surface area contributed by atoms with Gasteiger partial charge >= 0.3 is 0 Å².